The van der Waals surface area contributed by atoms with Gasteiger partial charge in [0.15, 0.2) is 5.82 Å². The molecule has 26 heavy (non-hydrogen) atoms. The summed E-state index contributed by atoms with van der Waals surface area (Å²) in [7, 11) is 1.69. The summed E-state index contributed by atoms with van der Waals surface area (Å²) in [6.45, 7) is 3.95. The van der Waals surface area contributed by atoms with Gasteiger partial charge < -0.3 is 19.9 Å². The second kappa shape index (κ2) is 8.85. The van der Waals surface area contributed by atoms with Crippen LogP contribution in [0.5, 0.6) is 5.75 Å². The highest BCUT2D eigenvalue weighted by Gasteiger charge is 2.23. The van der Waals surface area contributed by atoms with Crippen molar-refractivity contribution in [2.24, 2.45) is 0 Å². The summed E-state index contributed by atoms with van der Waals surface area (Å²) >= 11 is 0. The molecule has 3 rings (SSSR count). The summed E-state index contributed by atoms with van der Waals surface area (Å²) < 4.78 is 5.20. The molecule has 0 amide bonds. The number of aromatic amines is 1. The number of aromatic nitrogens is 2. The van der Waals surface area contributed by atoms with E-state index in [9.17, 15) is 4.79 Å². The average Bonchev–Trinajstić information content (AvgIpc) is 2.67. The molecule has 1 aliphatic rings. The lowest BCUT2D eigenvalue weighted by molar-refractivity contribution is 0.372. The van der Waals surface area contributed by atoms with Crippen molar-refractivity contribution >= 4 is 5.82 Å². The van der Waals surface area contributed by atoms with Crippen molar-refractivity contribution in [3.05, 3.63) is 52.6 Å². The van der Waals surface area contributed by atoms with E-state index in [4.69, 9.17) is 4.74 Å². The Kier molecular flexibility index (Phi) is 6.28. The van der Waals surface area contributed by atoms with Crippen molar-refractivity contribution in [3.8, 4) is 5.75 Å². The predicted molar refractivity (Wildman–Crippen MR) is 104 cm³/mol. The number of aryl methyl sites for hydroxylation is 1. The highest BCUT2D eigenvalue weighted by Crippen LogP contribution is 2.16. The molecule has 1 fully saturated rings. The number of H-pyrrole nitrogens is 1. The van der Waals surface area contributed by atoms with Crippen LogP contribution in [0.1, 0.15) is 31.7 Å². The number of nitrogens with one attached hydrogen (secondary N) is 2. The van der Waals surface area contributed by atoms with Gasteiger partial charge >= 0.3 is 0 Å². The monoisotopic (exact) mass is 356 g/mol. The molecular formula is C20H28N4O2. The fraction of sp³-hybridized carbons (Fsp3) is 0.500. The Morgan fingerprint density at radius 3 is 2.92 bits per heavy atom. The van der Waals surface area contributed by atoms with E-state index in [1.54, 1.807) is 19.5 Å². The Labute approximate surface area is 154 Å². The lowest BCUT2D eigenvalue weighted by Gasteiger charge is -2.35. The molecule has 0 spiro atoms. The molecule has 1 saturated heterocycles. The van der Waals surface area contributed by atoms with Crippen LogP contribution >= 0.6 is 0 Å². The fourth-order valence-electron chi connectivity index (χ4n) is 3.54. The molecule has 2 aromatic rings. The van der Waals surface area contributed by atoms with Gasteiger partial charge in [-0.2, -0.15) is 0 Å². The zero-order valence-electron chi connectivity index (χ0n) is 15.6. The number of anilines is 1. The summed E-state index contributed by atoms with van der Waals surface area (Å²) in [5.41, 5.74) is 1.21. The maximum atomic E-state index is 12.0. The summed E-state index contributed by atoms with van der Waals surface area (Å²) in [5.74, 6) is 1.43. The van der Waals surface area contributed by atoms with Gasteiger partial charge in [-0.25, -0.2) is 4.98 Å². The van der Waals surface area contributed by atoms with Crippen LogP contribution in [0.15, 0.2) is 41.5 Å². The van der Waals surface area contributed by atoms with Crippen LogP contribution in [0.2, 0.25) is 0 Å². The average molecular weight is 356 g/mol. The van der Waals surface area contributed by atoms with Crippen LogP contribution < -0.4 is 20.5 Å². The number of piperidine rings is 1. The van der Waals surface area contributed by atoms with Gasteiger partial charge in [-0.15, -0.1) is 0 Å². The number of rotatable bonds is 7. The van der Waals surface area contributed by atoms with Crippen molar-refractivity contribution < 1.29 is 4.74 Å². The number of ether oxygens (including phenoxy) is 1. The topological polar surface area (TPSA) is 70.2 Å². The van der Waals surface area contributed by atoms with Crippen molar-refractivity contribution in [2.75, 3.05) is 25.1 Å². The molecule has 2 heterocycles. The molecule has 140 valence electrons. The molecule has 0 saturated carbocycles. The standard InChI is InChI=1S/C20H28N4O2/c1-15(5-6-16-7-9-18(26-2)10-8-16)23-17-4-3-13-24(14-17)19-20(25)22-12-11-21-19/h7-12,15,17,23H,3-6,13-14H2,1-2H3,(H,22,25)/t15-,17-/m1/s1. The summed E-state index contributed by atoms with van der Waals surface area (Å²) in [5, 5.41) is 3.72. The first kappa shape index (κ1) is 18.5. The molecular weight excluding hydrogens is 328 g/mol. The molecule has 0 unspecified atom stereocenters. The second-order valence-corrected chi connectivity index (χ2v) is 6.98. The predicted octanol–water partition coefficient (Wildman–Crippen LogP) is 2.36. The van der Waals surface area contributed by atoms with Gasteiger partial charge in [0.2, 0.25) is 0 Å². The Hall–Kier alpha value is -2.34. The van der Waals surface area contributed by atoms with E-state index in [1.807, 2.05) is 12.1 Å². The number of hydrogen-bond donors (Lipinski definition) is 2. The van der Waals surface area contributed by atoms with Gasteiger partial charge in [-0.1, -0.05) is 12.1 Å². The third kappa shape index (κ3) is 4.85. The van der Waals surface area contributed by atoms with Crippen LogP contribution in [-0.4, -0.2) is 42.3 Å². The minimum Gasteiger partial charge on any atom is -0.497 e. The molecule has 6 heteroatoms. The van der Waals surface area contributed by atoms with E-state index in [0.717, 1.165) is 44.5 Å². The van der Waals surface area contributed by atoms with Gasteiger partial charge in [0, 0.05) is 37.6 Å². The van der Waals surface area contributed by atoms with Crippen molar-refractivity contribution in [3.63, 3.8) is 0 Å². The van der Waals surface area contributed by atoms with Gasteiger partial charge in [-0.05, 0) is 50.3 Å². The first-order valence-corrected chi connectivity index (χ1v) is 9.33. The van der Waals surface area contributed by atoms with E-state index in [1.165, 1.54) is 5.56 Å². The quantitative estimate of drug-likeness (QED) is 0.797. The van der Waals surface area contributed by atoms with Gasteiger partial charge in [-0.3, -0.25) is 4.79 Å². The van der Waals surface area contributed by atoms with Crippen LogP contribution in [-0.2, 0) is 6.42 Å². The summed E-state index contributed by atoms with van der Waals surface area (Å²) in [6.07, 6.45) is 7.53. The molecule has 2 N–H and O–H groups in total. The van der Waals surface area contributed by atoms with Crippen LogP contribution in [0.25, 0.3) is 0 Å². The normalized spacial score (nSPS) is 18.5. The lowest BCUT2D eigenvalue weighted by Crippen LogP contribution is -2.50. The highest BCUT2D eigenvalue weighted by atomic mass is 16.5. The first-order chi connectivity index (χ1) is 12.7. The van der Waals surface area contributed by atoms with Crippen LogP contribution in [0.4, 0.5) is 5.82 Å². The van der Waals surface area contributed by atoms with Gasteiger partial charge in [0.05, 0.1) is 7.11 Å². The van der Waals surface area contributed by atoms with Crippen molar-refractivity contribution in [1.82, 2.24) is 15.3 Å². The van der Waals surface area contributed by atoms with Crippen LogP contribution in [0, 0.1) is 0 Å². The third-order valence-corrected chi connectivity index (χ3v) is 4.96. The highest BCUT2D eigenvalue weighted by molar-refractivity contribution is 5.36. The maximum Gasteiger partial charge on any atom is 0.290 e. The Balaban J connectivity index is 1.49. The minimum atomic E-state index is -0.110. The molecule has 0 bridgehead atoms. The SMILES string of the molecule is COc1ccc(CC[C@@H](C)N[C@@H]2CCCN(c3ncc[nH]c3=O)C2)cc1. The molecule has 0 radical (unpaired) electrons. The van der Waals surface area contributed by atoms with E-state index < -0.39 is 0 Å². The number of benzene rings is 1. The van der Waals surface area contributed by atoms with Crippen molar-refractivity contribution in [2.45, 2.75) is 44.7 Å². The molecule has 2 atom stereocenters. The Bertz CT molecular complexity index is 744. The molecule has 1 aromatic heterocycles. The van der Waals surface area contributed by atoms with Crippen molar-refractivity contribution in [1.29, 1.82) is 0 Å². The van der Waals surface area contributed by atoms with E-state index in [0.29, 0.717) is 17.9 Å². The van der Waals surface area contributed by atoms with E-state index in [2.05, 4.69) is 39.2 Å². The fourth-order valence-corrected chi connectivity index (χ4v) is 3.54. The van der Waals surface area contributed by atoms with E-state index >= 15 is 0 Å². The Morgan fingerprint density at radius 2 is 2.19 bits per heavy atom. The zero-order chi connectivity index (χ0) is 18.4. The number of nitrogens with zero attached hydrogens (tertiary/aromatic N) is 2. The molecule has 1 aliphatic heterocycles. The summed E-state index contributed by atoms with van der Waals surface area (Å²) in [6, 6.07) is 9.08. The summed E-state index contributed by atoms with van der Waals surface area (Å²) in [4.78, 5) is 21.0. The Morgan fingerprint density at radius 1 is 1.38 bits per heavy atom. The minimum absolute atomic E-state index is 0.110. The first-order valence-electron chi connectivity index (χ1n) is 9.33. The zero-order valence-corrected chi connectivity index (χ0v) is 15.6. The smallest absolute Gasteiger partial charge is 0.290 e. The third-order valence-electron chi connectivity index (χ3n) is 4.96. The van der Waals surface area contributed by atoms with Crippen LogP contribution in [0.3, 0.4) is 0 Å². The number of hydrogen-bond acceptors (Lipinski definition) is 5. The lowest BCUT2D eigenvalue weighted by atomic mass is 10.0. The molecule has 6 nitrogen and oxygen atoms in total. The maximum absolute atomic E-state index is 12.0. The van der Waals surface area contributed by atoms with Gasteiger partial charge in [0.1, 0.15) is 5.75 Å². The van der Waals surface area contributed by atoms with Gasteiger partial charge in [0.25, 0.3) is 5.56 Å². The largest absolute Gasteiger partial charge is 0.497 e. The molecule has 0 aliphatic carbocycles. The second-order valence-electron chi connectivity index (χ2n) is 6.98. The molecule has 1 aromatic carbocycles. The van der Waals surface area contributed by atoms with E-state index in [-0.39, 0.29) is 5.56 Å². The number of methoxy groups -OCH3 is 1.